The van der Waals surface area contributed by atoms with Crippen molar-refractivity contribution in [3.05, 3.63) is 16.3 Å². The molecule has 3 heterocycles. The molecule has 2 saturated heterocycles. The third-order valence-corrected chi connectivity index (χ3v) is 7.14. The molecule has 0 spiro atoms. The van der Waals surface area contributed by atoms with Crippen molar-refractivity contribution < 1.29 is 13.2 Å². The topological polar surface area (TPSA) is 78.5 Å². The van der Waals surface area contributed by atoms with E-state index in [0.717, 1.165) is 12.8 Å². The van der Waals surface area contributed by atoms with Crippen LogP contribution in [0, 0.1) is 0 Å². The fourth-order valence-corrected chi connectivity index (χ4v) is 5.36. The number of hydrogen-bond donors (Lipinski definition) is 2. The van der Waals surface area contributed by atoms with Crippen LogP contribution < -0.4 is 10.0 Å². The number of carbonyl (C=O) groups excluding carboxylic acids is 1. The molecule has 3 rings (SSSR count). The van der Waals surface area contributed by atoms with Gasteiger partial charge in [0.25, 0.3) is 5.91 Å². The third kappa shape index (κ3) is 2.92. The monoisotopic (exact) mass is 343 g/mol. The molecule has 0 radical (unpaired) electrons. The van der Waals surface area contributed by atoms with E-state index in [1.54, 1.807) is 4.90 Å². The van der Waals surface area contributed by atoms with Crippen molar-refractivity contribution in [2.24, 2.45) is 0 Å². The molecular formula is C14H21N3O3S2. The molecule has 0 aliphatic carbocycles. The standard InChI is InChI=1S/C14H21N3O3S2/c1-15-22(19,20)12-7-13(21-8-12)14(18)17(2)11-5-9-3-4-10(6-11)16-9/h7-11,15-16H,3-6H2,1-2H3. The van der Waals surface area contributed by atoms with Gasteiger partial charge in [0.1, 0.15) is 0 Å². The summed E-state index contributed by atoms with van der Waals surface area (Å²) in [5.41, 5.74) is 0. The number of thiophene rings is 1. The summed E-state index contributed by atoms with van der Waals surface area (Å²) in [6.07, 6.45) is 4.33. The van der Waals surface area contributed by atoms with Crippen molar-refractivity contribution in [1.29, 1.82) is 0 Å². The molecule has 2 fully saturated rings. The minimum absolute atomic E-state index is 0.0890. The molecule has 2 atom stereocenters. The smallest absolute Gasteiger partial charge is 0.263 e. The molecule has 1 aromatic heterocycles. The summed E-state index contributed by atoms with van der Waals surface area (Å²) in [6, 6.07) is 2.73. The molecule has 2 N–H and O–H groups in total. The van der Waals surface area contributed by atoms with E-state index in [0.29, 0.717) is 17.0 Å². The zero-order valence-corrected chi connectivity index (χ0v) is 14.3. The van der Waals surface area contributed by atoms with Crippen LogP contribution in [0.3, 0.4) is 0 Å². The van der Waals surface area contributed by atoms with Crippen LogP contribution in [-0.4, -0.2) is 51.4 Å². The van der Waals surface area contributed by atoms with Gasteiger partial charge in [0.05, 0.1) is 9.77 Å². The number of carbonyl (C=O) groups is 1. The van der Waals surface area contributed by atoms with Crippen LogP contribution in [0.15, 0.2) is 16.3 Å². The predicted molar refractivity (Wildman–Crippen MR) is 85.6 cm³/mol. The molecule has 6 nitrogen and oxygen atoms in total. The Kier molecular flexibility index (Phi) is 4.28. The SMILES string of the molecule is CNS(=O)(=O)c1csc(C(=O)N(C)C2CC3CCC(C2)N3)c1. The lowest BCUT2D eigenvalue weighted by Gasteiger charge is -2.35. The highest BCUT2D eigenvalue weighted by Gasteiger charge is 2.36. The first-order valence-electron chi connectivity index (χ1n) is 7.46. The zero-order chi connectivity index (χ0) is 15.9. The number of rotatable bonds is 4. The molecule has 2 unspecified atom stereocenters. The van der Waals surface area contributed by atoms with Gasteiger partial charge in [-0.15, -0.1) is 11.3 Å². The maximum absolute atomic E-state index is 12.6. The Morgan fingerprint density at radius 3 is 2.59 bits per heavy atom. The molecule has 1 aromatic rings. The quantitative estimate of drug-likeness (QED) is 0.855. The Morgan fingerprint density at radius 2 is 2.00 bits per heavy atom. The van der Waals surface area contributed by atoms with Crippen LogP contribution in [-0.2, 0) is 10.0 Å². The molecule has 2 aliphatic heterocycles. The molecule has 1 amide bonds. The van der Waals surface area contributed by atoms with Crippen LogP contribution in [0.1, 0.15) is 35.4 Å². The summed E-state index contributed by atoms with van der Waals surface area (Å²) in [7, 11) is -0.300. The molecule has 0 aromatic carbocycles. The lowest BCUT2D eigenvalue weighted by molar-refractivity contribution is 0.0686. The maximum Gasteiger partial charge on any atom is 0.263 e. The van der Waals surface area contributed by atoms with Gasteiger partial charge < -0.3 is 10.2 Å². The second kappa shape index (κ2) is 5.92. The number of hydrogen-bond acceptors (Lipinski definition) is 5. The van der Waals surface area contributed by atoms with Crippen LogP contribution in [0.2, 0.25) is 0 Å². The van der Waals surface area contributed by atoms with Crippen molar-refractivity contribution in [2.45, 2.75) is 48.7 Å². The lowest BCUT2D eigenvalue weighted by Crippen LogP contribution is -2.48. The van der Waals surface area contributed by atoms with E-state index in [1.165, 1.54) is 42.7 Å². The van der Waals surface area contributed by atoms with E-state index in [-0.39, 0.29) is 16.8 Å². The first kappa shape index (κ1) is 15.9. The Hall–Kier alpha value is -0.960. The van der Waals surface area contributed by atoms with Gasteiger partial charge in [-0.1, -0.05) is 0 Å². The number of piperidine rings is 1. The molecule has 8 heteroatoms. The highest BCUT2D eigenvalue weighted by Crippen LogP contribution is 2.30. The summed E-state index contributed by atoms with van der Waals surface area (Å²) in [5.74, 6) is -0.0890. The van der Waals surface area contributed by atoms with E-state index in [1.807, 2.05) is 7.05 Å². The number of nitrogens with one attached hydrogen (secondary N) is 2. The fraction of sp³-hybridized carbons (Fsp3) is 0.643. The average molecular weight is 343 g/mol. The average Bonchev–Trinajstić information content (AvgIpc) is 3.13. The van der Waals surface area contributed by atoms with Crippen LogP contribution in [0.5, 0.6) is 0 Å². The zero-order valence-electron chi connectivity index (χ0n) is 12.7. The number of amides is 1. The van der Waals surface area contributed by atoms with Crippen molar-refractivity contribution in [1.82, 2.24) is 14.9 Å². The van der Waals surface area contributed by atoms with Crippen molar-refractivity contribution in [3.63, 3.8) is 0 Å². The van der Waals surface area contributed by atoms with Crippen molar-refractivity contribution in [2.75, 3.05) is 14.1 Å². The molecule has 0 saturated carbocycles. The van der Waals surface area contributed by atoms with Gasteiger partial charge in [-0.05, 0) is 38.8 Å². The van der Waals surface area contributed by atoms with E-state index in [9.17, 15) is 13.2 Å². The first-order valence-corrected chi connectivity index (χ1v) is 9.82. The largest absolute Gasteiger partial charge is 0.338 e. The minimum Gasteiger partial charge on any atom is -0.338 e. The molecular weight excluding hydrogens is 322 g/mol. The Morgan fingerprint density at radius 1 is 1.36 bits per heavy atom. The van der Waals surface area contributed by atoms with E-state index in [2.05, 4.69) is 10.0 Å². The first-order chi connectivity index (χ1) is 10.4. The van der Waals surface area contributed by atoms with Crippen molar-refractivity contribution in [3.8, 4) is 0 Å². The van der Waals surface area contributed by atoms with Gasteiger partial charge >= 0.3 is 0 Å². The highest BCUT2D eigenvalue weighted by atomic mass is 32.2. The van der Waals surface area contributed by atoms with E-state index >= 15 is 0 Å². The van der Waals surface area contributed by atoms with Crippen LogP contribution in [0.25, 0.3) is 0 Å². The third-order valence-electron chi connectivity index (χ3n) is 4.68. The van der Waals surface area contributed by atoms with Gasteiger partial charge in [0.15, 0.2) is 0 Å². The maximum atomic E-state index is 12.6. The minimum atomic E-state index is -3.49. The summed E-state index contributed by atoms with van der Waals surface area (Å²) in [5, 5.41) is 5.08. The Bertz CT molecular complexity index is 659. The van der Waals surface area contributed by atoms with E-state index in [4.69, 9.17) is 0 Å². The summed E-state index contributed by atoms with van der Waals surface area (Å²) >= 11 is 1.18. The highest BCUT2D eigenvalue weighted by molar-refractivity contribution is 7.89. The second-order valence-electron chi connectivity index (χ2n) is 6.03. The van der Waals surface area contributed by atoms with Gasteiger partial charge in [-0.3, -0.25) is 4.79 Å². The summed E-state index contributed by atoms with van der Waals surface area (Å²) < 4.78 is 25.8. The molecule has 122 valence electrons. The van der Waals surface area contributed by atoms with Gasteiger partial charge in [0, 0.05) is 30.6 Å². The molecule has 2 aliphatic rings. The predicted octanol–water partition coefficient (Wildman–Crippen LogP) is 1.01. The number of nitrogens with zero attached hydrogens (tertiary/aromatic N) is 1. The van der Waals surface area contributed by atoms with Crippen LogP contribution in [0.4, 0.5) is 0 Å². The number of fused-ring (bicyclic) bond motifs is 2. The fourth-order valence-electron chi connectivity index (χ4n) is 3.37. The summed E-state index contributed by atoms with van der Waals surface area (Å²) in [6.45, 7) is 0. The molecule has 22 heavy (non-hydrogen) atoms. The van der Waals surface area contributed by atoms with Gasteiger partial charge in [-0.2, -0.15) is 0 Å². The Labute approximate surface area is 134 Å². The Balaban J connectivity index is 1.73. The lowest BCUT2D eigenvalue weighted by atomic mass is 9.98. The normalized spacial score (nSPS) is 27.8. The number of sulfonamides is 1. The van der Waals surface area contributed by atoms with Gasteiger partial charge in [-0.25, -0.2) is 13.1 Å². The van der Waals surface area contributed by atoms with Gasteiger partial charge in [0.2, 0.25) is 10.0 Å². The van der Waals surface area contributed by atoms with E-state index < -0.39 is 10.0 Å². The van der Waals surface area contributed by atoms with Crippen molar-refractivity contribution >= 4 is 27.3 Å². The molecule has 2 bridgehead atoms. The summed E-state index contributed by atoms with van der Waals surface area (Å²) in [4.78, 5) is 15.0. The second-order valence-corrected chi connectivity index (χ2v) is 8.83. The van der Waals surface area contributed by atoms with Crippen LogP contribution >= 0.6 is 11.3 Å².